The van der Waals surface area contributed by atoms with E-state index in [4.69, 9.17) is 28.4 Å². The molecule has 3 atom stereocenters. The van der Waals surface area contributed by atoms with Crippen molar-refractivity contribution < 1.29 is 52.4 Å². The third kappa shape index (κ3) is 10.2. The normalized spacial score (nSPS) is 21.4. The summed E-state index contributed by atoms with van der Waals surface area (Å²) >= 11 is 0. The number of carbonyl (C=O) groups is 5. The lowest BCUT2D eigenvalue weighted by molar-refractivity contribution is -0.135. The van der Waals surface area contributed by atoms with Crippen LogP contribution in [0, 0.1) is 5.41 Å². The predicted octanol–water partition coefficient (Wildman–Crippen LogP) is 5.80. The van der Waals surface area contributed by atoms with Crippen molar-refractivity contribution in [2.24, 2.45) is 5.41 Å². The third-order valence-electron chi connectivity index (χ3n) is 12.2. The van der Waals surface area contributed by atoms with Gasteiger partial charge in [-0.2, -0.15) is 0 Å². The second kappa shape index (κ2) is 19.4. The van der Waals surface area contributed by atoms with Crippen molar-refractivity contribution in [1.82, 2.24) is 26.2 Å². The zero-order valence-corrected chi connectivity index (χ0v) is 38.5. The number of ketones is 1. The summed E-state index contributed by atoms with van der Waals surface area (Å²) in [6.45, 7) is 9.95. The van der Waals surface area contributed by atoms with E-state index in [0.717, 1.165) is 0 Å². The van der Waals surface area contributed by atoms with Crippen LogP contribution in [-0.4, -0.2) is 105 Å². The number of nitrogens with one attached hydrogen (secondary N) is 4. The summed E-state index contributed by atoms with van der Waals surface area (Å²) in [5.74, 6) is 0.128. The van der Waals surface area contributed by atoms with E-state index in [0.29, 0.717) is 74.3 Å². The SMILES string of the molecule is COc1cccc(C(=O)NCCCC2(C(=O)NC(C)(C)CC(C)(C)NC(C)=O)CCCNC(=O)c3cccc4c3OC3CC(O4)(C(=O)c4cccc(OC)c4O3)N(C)CCC2)c1OC. The van der Waals surface area contributed by atoms with E-state index in [2.05, 4.69) is 21.3 Å². The highest BCUT2D eigenvalue weighted by Crippen LogP contribution is 2.47. The molecule has 0 fully saturated rings. The van der Waals surface area contributed by atoms with Crippen LogP contribution >= 0.6 is 0 Å². The van der Waals surface area contributed by atoms with E-state index in [1.165, 1.54) is 28.3 Å². The lowest BCUT2D eigenvalue weighted by Crippen LogP contribution is -2.59. The second-order valence-corrected chi connectivity index (χ2v) is 18.2. The number of carbonyl (C=O) groups excluding carboxylic acids is 5. The number of likely N-dealkylation sites (N-methyl/N-ethyl adjacent to an activating group) is 1. The van der Waals surface area contributed by atoms with Crippen LogP contribution < -0.4 is 49.7 Å². The lowest BCUT2D eigenvalue weighted by Gasteiger charge is -2.41. The molecule has 0 aromatic heterocycles. The maximum absolute atomic E-state index is 15.1. The van der Waals surface area contributed by atoms with E-state index in [1.807, 2.05) is 32.6 Å². The van der Waals surface area contributed by atoms with Gasteiger partial charge in [0, 0.05) is 43.1 Å². The molecule has 4 amide bonds. The molecule has 3 aliphatic rings. The summed E-state index contributed by atoms with van der Waals surface area (Å²) in [6.07, 6.45) is 1.77. The topological polar surface area (TPSA) is 192 Å². The fourth-order valence-electron chi connectivity index (χ4n) is 9.62. The number of para-hydroxylation sites is 3. The highest BCUT2D eigenvalue weighted by atomic mass is 16.7. The van der Waals surface area contributed by atoms with E-state index in [9.17, 15) is 14.4 Å². The molecule has 64 heavy (non-hydrogen) atoms. The fourth-order valence-corrected chi connectivity index (χ4v) is 9.62. The average molecular weight is 886 g/mol. The highest BCUT2D eigenvalue weighted by Gasteiger charge is 2.54. The van der Waals surface area contributed by atoms with E-state index in [1.54, 1.807) is 61.6 Å². The fraction of sp³-hybridized carbons (Fsp3) is 0.521. The molecule has 346 valence electrons. The zero-order valence-electron chi connectivity index (χ0n) is 38.5. The zero-order chi connectivity index (χ0) is 46.5. The minimum Gasteiger partial charge on any atom is -0.493 e. The summed E-state index contributed by atoms with van der Waals surface area (Å²) in [7, 11) is 6.27. The van der Waals surface area contributed by atoms with Gasteiger partial charge >= 0.3 is 0 Å². The molecule has 0 saturated heterocycles. The molecular formula is C48H63N5O11. The average Bonchev–Trinajstić information content (AvgIpc) is 3.48. The van der Waals surface area contributed by atoms with Crippen LogP contribution in [0.1, 0.15) is 117 Å². The Morgan fingerprint density at radius 2 is 1.50 bits per heavy atom. The smallest absolute Gasteiger partial charge is 0.255 e. The number of amides is 4. The molecule has 3 unspecified atom stereocenters. The van der Waals surface area contributed by atoms with Gasteiger partial charge in [-0.1, -0.05) is 18.2 Å². The van der Waals surface area contributed by atoms with E-state index < -0.39 is 34.4 Å². The van der Waals surface area contributed by atoms with Gasteiger partial charge in [-0.05, 0) is 116 Å². The van der Waals surface area contributed by atoms with Gasteiger partial charge in [-0.25, -0.2) is 0 Å². The Bertz CT molecular complexity index is 2240. The molecule has 4 N–H and O–H groups in total. The maximum Gasteiger partial charge on any atom is 0.255 e. The van der Waals surface area contributed by atoms with Crippen molar-refractivity contribution in [3.63, 3.8) is 0 Å². The number of Topliss-reactive ketones (excluding diaryl/α,β-unsaturated/α-hetero) is 1. The van der Waals surface area contributed by atoms with Crippen molar-refractivity contribution in [2.45, 2.75) is 109 Å². The van der Waals surface area contributed by atoms with E-state index >= 15 is 9.59 Å². The molecule has 0 saturated carbocycles. The van der Waals surface area contributed by atoms with Gasteiger partial charge in [-0.15, -0.1) is 0 Å². The third-order valence-corrected chi connectivity index (χ3v) is 12.2. The van der Waals surface area contributed by atoms with Gasteiger partial charge in [0.15, 0.2) is 34.5 Å². The van der Waals surface area contributed by atoms with Crippen LogP contribution in [0.4, 0.5) is 0 Å². The molecule has 3 aromatic carbocycles. The number of rotatable bonds is 13. The van der Waals surface area contributed by atoms with E-state index in [-0.39, 0.29) is 71.4 Å². The summed E-state index contributed by atoms with van der Waals surface area (Å²) < 4.78 is 36.2. The minimum atomic E-state index is -1.66. The molecule has 0 aliphatic carbocycles. The Labute approximate surface area is 375 Å². The number of hydrogen-bond acceptors (Lipinski definition) is 12. The van der Waals surface area contributed by atoms with Crippen molar-refractivity contribution in [2.75, 3.05) is 48.0 Å². The molecule has 16 heteroatoms. The van der Waals surface area contributed by atoms with Gasteiger partial charge in [0.25, 0.3) is 11.8 Å². The largest absolute Gasteiger partial charge is 0.493 e. The molecule has 6 rings (SSSR count). The minimum absolute atomic E-state index is 0.0580. The quantitative estimate of drug-likeness (QED) is 0.151. The van der Waals surface area contributed by atoms with Crippen molar-refractivity contribution in [1.29, 1.82) is 0 Å². The van der Waals surface area contributed by atoms with Gasteiger partial charge in [0.05, 0.1) is 44.4 Å². The maximum atomic E-state index is 15.1. The van der Waals surface area contributed by atoms with Crippen molar-refractivity contribution >= 4 is 29.4 Å². The number of fused-ring (bicyclic) bond motifs is 2. The van der Waals surface area contributed by atoms with Crippen LogP contribution in [0.25, 0.3) is 0 Å². The van der Waals surface area contributed by atoms with Gasteiger partial charge in [0.1, 0.15) is 0 Å². The lowest BCUT2D eigenvalue weighted by atomic mass is 9.73. The summed E-state index contributed by atoms with van der Waals surface area (Å²) in [4.78, 5) is 71.6. The van der Waals surface area contributed by atoms with Crippen LogP contribution in [0.2, 0.25) is 0 Å². The standard InChI is InChI=1S/C48H63N5O11/c1-30(54)51-45(2,3)29-46(4,5)52-44(58)47(22-13-25-49-42(56)32-17-11-19-34(59-7)38(32)61-9)23-14-26-50-43(57)33-18-12-21-36-40(33)63-37-28-48(64-36,53(6)27-15-24-47)41(55)31-16-10-20-35(60-8)39(31)62-37/h10-12,16-21,37H,13-15,22-29H2,1-9H3,(H,49,56)(H,50,57)(H,51,54)(H,52,58). The molecule has 16 nitrogen and oxygen atoms in total. The second-order valence-electron chi connectivity index (χ2n) is 18.2. The Morgan fingerprint density at radius 3 is 2.22 bits per heavy atom. The predicted molar refractivity (Wildman–Crippen MR) is 238 cm³/mol. The summed E-state index contributed by atoms with van der Waals surface area (Å²) in [5.41, 5.74) is -3.30. The van der Waals surface area contributed by atoms with Crippen LogP contribution in [0.15, 0.2) is 54.6 Å². The summed E-state index contributed by atoms with van der Waals surface area (Å²) in [5, 5.41) is 12.4. The van der Waals surface area contributed by atoms with Crippen LogP contribution in [-0.2, 0) is 9.59 Å². The first-order valence-electron chi connectivity index (χ1n) is 21.9. The first kappa shape index (κ1) is 47.4. The van der Waals surface area contributed by atoms with Gasteiger partial charge < -0.3 is 49.7 Å². The van der Waals surface area contributed by atoms with Gasteiger partial charge in [-0.3, -0.25) is 28.9 Å². The van der Waals surface area contributed by atoms with Crippen LogP contribution in [0.3, 0.4) is 0 Å². The molecule has 0 radical (unpaired) electrons. The highest BCUT2D eigenvalue weighted by molar-refractivity contribution is 6.06. The number of nitrogens with zero attached hydrogens (tertiary/aromatic N) is 1. The Balaban J connectivity index is 1.35. The van der Waals surface area contributed by atoms with Crippen molar-refractivity contribution in [3.05, 3.63) is 71.3 Å². The van der Waals surface area contributed by atoms with Crippen LogP contribution in [0.5, 0.6) is 34.5 Å². The molecule has 3 heterocycles. The molecular weight excluding hydrogens is 823 g/mol. The Hall–Kier alpha value is -6.03. The molecule has 1 spiro atoms. The number of benzene rings is 3. The first-order valence-corrected chi connectivity index (χ1v) is 21.9. The van der Waals surface area contributed by atoms with Crippen molar-refractivity contribution in [3.8, 4) is 34.5 Å². The first-order chi connectivity index (χ1) is 30.4. The number of hydrogen-bond donors (Lipinski definition) is 4. The molecule has 3 aliphatic heterocycles. The molecule has 3 aromatic rings. The summed E-state index contributed by atoms with van der Waals surface area (Å²) in [6, 6.07) is 15.1. The van der Waals surface area contributed by atoms with Gasteiger partial charge in [0.2, 0.25) is 29.6 Å². The Kier molecular flexibility index (Phi) is 14.4. The monoisotopic (exact) mass is 885 g/mol. The molecule has 5 bridgehead atoms. The number of methoxy groups -OCH3 is 3. The Morgan fingerprint density at radius 1 is 0.844 bits per heavy atom. The number of ether oxygens (including phenoxy) is 6.